The van der Waals surface area contributed by atoms with E-state index in [1.54, 1.807) is 13.4 Å². The average Bonchev–Trinajstić information content (AvgIpc) is 2.91. The van der Waals surface area contributed by atoms with E-state index in [9.17, 15) is 0 Å². The number of rotatable bonds is 6. The van der Waals surface area contributed by atoms with Crippen LogP contribution in [-0.4, -0.2) is 20.2 Å². The molecule has 0 amide bonds. The summed E-state index contributed by atoms with van der Waals surface area (Å²) in [7, 11) is 3.68. The zero-order chi connectivity index (χ0) is 12.8. The van der Waals surface area contributed by atoms with Gasteiger partial charge in [-0.15, -0.1) is 0 Å². The average molecular weight is 245 g/mol. The van der Waals surface area contributed by atoms with Gasteiger partial charge in [-0.05, 0) is 37.2 Å². The maximum absolute atomic E-state index is 5.39. The molecule has 3 heteroatoms. The predicted molar refractivity (Wildman–Crippen MR) is 72.0 cm³/mol. The van der Waals surface area contributed by atoms with Crippen molar-refractivity contribution in [2.45, 2.75) is 18.9 Å². The van der Waals surface area contributed by atoms with Crippen molar-refractivity contribution in [3.63, 3.8) is 0 Å². The van der Waals surface area contributed by atoms with Gasteiger partial charge in [-0.2, -0.15) is 0 Å². The largest absolute Gasteiger partial charge is 0.496 e. The second-order valence-corrected chi connectivity index (χ2v) is 4.29. The van der Waals surface area contributed by atoms with E-state index in [2.05, 4.69) is 11.4 Å². The van der Waals surface area contributed by atoms with Crippen LogP contribution in [0.1, 0.15) is 11.3 Å². The van der Waals surface area contributed by atoms with Gasteiger partial charge in [-0.3, -0.25) is 0 Å². The van der Waals surface area contributed by atoms with Crippen molar-refractivity contribution in [2.24, 2.45) is 0 Å². The van der Waals surface area contributed by atoms with Gasteiger partial charge in [0.1, 0.15) is 11.5 Å². The minimum Gasteiger partial charge on any atom is -0.496 e. The first-order chi connectivity index (χ1) is 8.83. The molecule has 0 radical (unpaired) electrons. The Labute approximate surface area is 108 Å². The zero-order valence-electron chi connectivity index (χ0n) is 10.8. The number of para-hydroxylation sites is 1. The predicted octanol–water partition coefficient (Wildman–Crippen LogP) is 2.66. The standard InChI is InChI=1S/C15H19NO2/c1-16-13(11-14-7-5-9-18-14)10-12-6-3-4-8-15(12)17-2/h3-9,13,16H,10-11H2,1-2H3. The Balaban J connectivity index is 2.05. The van der Waals surface area contributed by atoms with Gasteiger partial charge in [0.15, 0.2) is 0 Å². The molecule has 18 heavy (non-hydrogen) atoms. The highest BCUT2D eigenvalue weighted by Crippen LogP contribution is 2.20. The van der Waals surface area contributed by atoms with Crippen LogP contribution in [0.5, 0.6) is 5.75 Å². The summed E-state index contributed by atoms with van der Waals surface area (Å²) in [5.41, 5.74) is 1.21. The van der Waals surface area contributed by atoms with Crippen LogP contribution in [0.25, 0.3) is 0 Å². The molecule has 0 aliphatic rings. The second-order valence-electron chi connectivity index (χ2n) is 4.29. The van der Waals surface area contributed by atoms with Gasteiger partial charge in [0, 0.05) is 12.5 Å². The lowest BCUT2D eigenvalue weighted by Gasteiger charge is -2.16. The fraction of sp³-hybridized carbons (Fsp3) is 0.333. The van der Waals surface area contributed by atoms with Crippen molar-refractivity contribution in [2.75, 3.05) is 14.2 Å². The Morgan fingerprint density at radius 2 is 2.00 bits per heavy atom. The van der Waals surface area contributed by atoms with E-state index in [0.29, 0.717) is 6.04 Å². The van der Waals surface area contributed by atoms with E-state index in [1.165, 1.54) is 5.56 Å². The Morgan fingerprint density at radius 3 is 2.67 bits per heavy atom. The van der Waals surface area contributed by atoms with Crippen molar-refractivity contribution in [3.8, 4) is 5.75 Å². The summed E-state index contributed by atoms with van der Waals surface area (Å²) in [4.78, 5) is 0. The number of ether oxygens (including phenoxy) is 1. The Kier molecular flexibility index (Phi) is 4.42. The SMILES string of the molecule is CNC(Cc1ccco1)Cc1ccccc1OC. The first-order valence-corrected chi connectivity index (χ1v) is 6.15. The van der Waals surface area contributed by atoms with Crippen molar-refractivity contribution >= 4 is 0 Å². The molecule has 1 aromatic heterocycles. The Morgan fingerprint density at radius 1 is 1.17 bits per heavy atom. The van der Waals surface area contributed by atoms with Gasteiger partial charge in [0.25, 0.3) is 0 Å². The Bertz CT molecular complexity index is 465. The molecule has 2 aromatic rings. The molecule has 96 valence electrons. The van der Waals surface area contributed by atoms with Crippen LogP contribution in [0, 0.1) is 0 Å². The van der Waals surface area contributed by atoms with Gasteiger partial charge < -0.3 is 14.5 Å². The van der Waals surface area contributed by atoms with Gasteiger partial charge >= 0.3 is 0 Å². The molecule has 1 heterocycles. The maximum atomic E-state index is 5.39. The molecule has 1 aromatic carbocycles. The molecule has 0 fully saturated rings. The van der Waals surface area contributed by atoms with Crippen molar-refractivity contribution in [3.05, 3.63) is 54.0 Å². The van der Waals surface area contributed by atoms with Gasteiger partial charge in [-0.1, -0.05) is 18.2 Å². The third-order valence-corrected chi connectivity index (χ3v) is 3.09. The van der Waals surface area contributed by atoms with Crippen molar-refractivity contribution < 1.29 is 9.15 Å². The molecule has 0 aliphatic carbocycles. The molecular weight excluding hydrogens is 226 g/mol. The fourth-order valence-electron chi connectivity index (χ4n) is 2.08. The number of methoxy groups -OCH3 is 1. The fourth-order valence-corrected chi connectivity index (χ4v) is 2.08. The van der Waals surface area contributed by atoms with Crippen LogP contribution in [0.4, 0.5) is 0 Å². The number of hydrogen-bond donors (Lipinski definition) is 1. The zero-order valence-corrected chi connectivity index (χ0v) is 10.8. The monoisotopic (exact) mass is 245 g/mol. The number of nitrogens with one attached hydrogen (secondary N) is 1. The van der Waals surface area contributed by atoms with Crippen LogP contribution in [0.2, 0.25) is 0 Å². The van der Waals surface area contributed by atoms with Crippen LogP contribution >= 0.6 is 0 Å². The molecular formula is C15H19NO2. The number of benzene rings is 1. The molecule has 3 nitrogen and oxygen atoms in total. The topological polar surface area (TPSA) is 34.4 Å². The molecule has 1 atom stereocenters. The third-order valence-electron chi connectivity index (χ3n) is 3.09. The summed E-state index contributed by atoms with van der Waals surface area (Å²) in [5.74, 6) is 1.95. The molecule has 0 saturated heterocycles. The molecule has 2 rings (SSSR count). The highest BCUT2D eigenvalue weighted by atomic mass is 16.5. The first kappa shape index (κ1) is 12.7. The molecule has 0 bridgehead atoms. The third kappa shape index (κ3) is 3.14. The van der Waals surface area contributed by atoms with Crippen LogP contribution in [0.3, 0.4) is 0 Å². The quantitative estimate of drug-likeness (QED) is 0.849. The van der Waals surface area contributed by atoms with E-state index in [0.717, 1.165) is 24.4 Å². The smallest absolute Gasteiger partial charge is 0.122 e. The van der Waals surface area contributed by atoms with Crippen molar-refractivity contribution in [1.29, 1.82) is 0 Å². The minimum atomic E-state index is 0.340. The lowest BCUT2D eigenvalue weighted by molar-refractivity contribution is 0.403. The van der Waals surface area contributed by atoms with Crippen molar-refractivity contribution in [1.82, 2.24) is 5.32 Å². The lowest BCUT2D eigenvalue weighted by atomic mass is 10.0. The summed E-state index contributed by atoms with van der Waals surface area (Å²) < 4.78 is 10.8. The summed E-state index contributed by atoms with van der Waals surface area (Å²) >= 11 is 0. The van der Waals surface area contributed by atoms with E-state index in [4.69, 9.17) is 9.15 Å². The maximum Gasteiger partial charge on any atom is 0.122 e. The van der Waals surface area contributed by atoms with Gasteiger partial charge in [0.2, 0.25) is 0 Å². The molecule has 1 N–H and O–H groups in total. The summed E-state index contributed by atoms with van der Waals surface area (Å²) in [6.45, 7) is 0. The lowest BCUT2D eigenvalue weighted by Crippen LogP contribution is -2.29. The van der Waals surface area contributed by atoms with Crippen LogP contribution < -0.4 is 10.1 Å². The number of hydrogen-bond acceptors (Lipinski definition) is 3. The highest BCUT2D eigenvalue weighted by Gasteiger charge is 2.12. The molecule has 0 spiro atoms. The van der Waals surface area contributed by atoms with Gasteiger partial charge in [0.05, 0.1) is 13.4 Å². The minimum absolute atomic E-state index is 0.340. The Hall–Kier alpha value is -1.74. The van der Waals surface area contributed by atoms with Crippen LogP contribution in [-0.2, 0) is 12.8 Å². The first-order valence-electron chi connectivity index (χ1n) is 6.15. The number of likely N-dealkylation sites (N-methyl/N-ethyl adjacent to an activating group) is 1. The highest BCUT2D eigenvalue weighted by molar-refractivity contribution is 5.34. The summed E-state index contributed by atoms with van der Waals surface area (Å²) in [5, 5.41) is 3.32. The van der Waals surface area contributed by atoms with Crippen LogP contribution in [0.15, 0.2) is 47.1 Å². The normalized spacial score (nSPS) is 12.3. The summed E-state index contributed by atoms with van der Waals surface area (Å²) in [6.07, 6.45) is 3.51. The van der Waals surface area contributed by atoms with E-state index in [-0.39, 0.29) is 0 Å². The summed E-state index contributed by atoms with van der Waals surface area (Å²) in [6, 6.07) is 12.4. The molecule has 0 saturated carbocycles. The number of furan rings is 1. The van der Waals surface area contributed by atoms with E-state index >= 15 is 0 Å². The van der Waals surface area contributed by atoms with E-state index in [1.807, 2.05) is 37.4 Å². The van der Waals surface area contributed by atoms with E-state index < -0.39 is 0 Å². The molecule has 0 aliphatic heterocycles. The van der Waals surface area contributed by atoms with Gasteiger partial charge in [-0.25, -0.2) is 0 Å². The second kappa shape index (κ2) is 6.26. The molecule has 1 unspecified atom stereocenters.